The Balaban J connectivity index is 4.37. The molecule has 0 aromatic carbocycles. The molecule has 0 fully saturated rings. The molecule has 4 heteroatoms. The normalized spacial score (nSPS) is 12.9. The van der Waals surface area contributed by atoms with Gasteiger partial charge in [-0.15, -0.1) is 0 Å². The van der Waals surface area contributed by atoms with Gasteiger partial charge in [0.15, 0.2) is 6.04 Å². The zero-order chi connectivity index (χ0) is 11.2. The van der Waals surface area contributed by atoms with Crippen molar-refractivity contribution in [1.82, 2.24) is 0 Å². The SMILES string of the molecule is CCC[C@H](N=C=S)C(=O)OC(C)(C)C. The second kappa shape index (κ2) is 5.89. The molecule has 0 saturated heterocycles. The lowest BCUT2D eigenvalue weighted by atomic mass is 10.1. The highest BCUT2D eigenvalue weighted by Gasteiger charge is 2.23. The van der Waals surface area contributed by atoms with Gasteiger partial charge in [-0.3, -0.25) is 0 Å². The average Bonchev–Trinajstić information content (AvgIpc) is 2.01. The second-order valence-electron chi connectivity index (χ2n) is 4.06. The summed E-state index contributed by atoms with van der Waals surface area (Å²) >= 11 is 4.48. The van der Waals surface area contributed by atoms with Crippen molar-refractivity contribution in [3.8, 4) is 0 Å². The molecule has 0 aliphatic heterocycles. The molecule has 1 atom stereocenters. The highest BCUT2D eigenvalue weighted by atomic mass is 32.1. The number of carbonyl (C=O) groups is 1. The largest absolute Gasteiger partial charge is 0.458 e. The van der Waals surface area contributed by atoms with Crippen LogP contribution in [0.15, 0.2) is 4.99 Å². The minimum absolute atomic E-state index is 0.322. The fourth-order valence-corrected chi connectivity index (χ4v) is 1.07. The van der Waals surface area contributed by atoms with Gasteiger partial charge in [-0.2, -0.15) is 0 Å². The third-order valence-corrected chi connectivity index (χ3v) is 1.55. The van der Waals surface area contributed by atoms with E-state index in [9.17, 15) is 4.79 Å². The van der Waals surface area contributed by atoms with Crippen LogP contribution in [0.1, 0.15) is 40.5 Å². The van der Waals surface area contributed by atoms with Gasteiger partial charge in [0.1, 0.15) is 5.60 Å². The number of carbonyl (C=O) groups excluding carboxylic acids is 1. The molecule has 0 spiro atoms. The number of hydrogen-bond donors (Lipinski definition) is 0. The van der Waals surface area contributed by atoms with Crippen LogP contribution in [0, 0.1) is 0 Å². The molecule has 0 heterocycles. The van der Waals surface area contributed by atoms with Crippen molar-refractivity contribution in [1.29, 1.82) is 0 Å². The van der Waals surface area contributed by atoms with Crippen molar-refractivity contribution in [2.45, 2.75) is 52.2 Å². The molecule has 0 bridgehead atoms. The van der Waals surface area contributed by atoms with E-state index in [0.717, 1.165) is 6.42 Å². The van der Waals surface area contributed by atoms with E-state index in [0.29, 0.717) is 6.42 Å². The molecule has 0 rings (SSSR count). The van der Waals surface area contributed by atoms with Gasteiger partial charge in [-0.25, -0.2) is 9.79 Å². The maximum absolute atomic E-state index is 11.5. The molecule has 3 nitrogen and oxygen atoms in total. The number of aliphatic imine (C=N–C) groups is 1. The van der Waals surface area contributed by atoms with Crippen LogP contribution in [0.25, 0.3) is 0 Å². The molecule has 0 amide bonds. The number of rotatable bonds is 4. The molecule has 0 radical (unpaired) electrons. The van der Waals surface area contributed by atoms with Gasteiger partial charge >= 0.3 is 5.97 Å². The summed E-state index contributed by atoms with van der Waals surface area (Å²) in [5.41, 5.74) is -0.472. The van der Waals surface area contributed by atoms with Crippen molar-refractivity contribution in [3.05, 3.63) is 0 Å². The lowest BCUT2D eigenvalue weighted by Gasteiger charge is -2.21. The van der Waals surface area contributed by atoms with Crippen LogP contribution < -0.4 is 0 Å². The number of thiocarbonyl (C=S) groups is 1. The van der Waals surface area contributed by atoms with Crippen LogP contribution in [-0.2, 0) is 9.53 Å². The van der Waals surface area contributed by atoms with Crippen molar-refractivity contribution in [3.63, 3.8) is 0 Å². The van der Waals surface area contributed by atoms with E-state index in [2.05, 4.69) is 22.4 Å². The molecule has 0 saturated carbocycles. The summed E-state index contributed by atoms with van der Waals surface area (Å²) in [6, 6.07) is -0.489. The quantitative estimate of drug-likeness (QED) is 0.411. The van der Waals surface area contributed by atoms with Crippen molar-refractivity contribution < 1.29 is 9.53 Å². The summed E-state index contributed by atoms with van der Waals surface area (Å²) in [4.78, 5) is 15.3. The molecule has 0 N–H and O–H groups in total. The number of hydrogen-bond acceptors (Lipinski definition) is 4. The van der Waals surface area contributed by atoms with Crippen LogP contribution >= 0.6 is 12.2 Å². The van der Waals surface area contributed by atoms with Gasteiger partial charge in [-0.05, 0) is 39.4 Å². The second-order valence-corrected chi connectivity index (χ2v) is 4.24. The third-order valence-electron chi connectivity index (χ3n) is 1.45. The van der Waals surface area contributed by atoms with Crippen LogP contribution in [0.5, 0.6) is 0 Å². The summed E-state index contributed by atoms with van der Waals surface area (Å²) in [5, 5.41) is 2.23. The summed E-state index contributed by atoms with van der Waals surface area (Å²) in [5.74, 6) is -0.322. The first-order chi connectivity index (χ1) is 6.40. The smallest absolute Gasteiger partial charge is 0.332 e. The van der Waals surface area contributed by atoms with Crippen molar-refractivity contribution in [2.24, 2.45) is 4.99 Å². The zero-order valence-electron chi connectivity index (χ0n) is 9.16. The Morgan fingerprint density at radius 1 is 1.57 bits per heavy atom. The molecule has 0 aliphatic rings. The third kappa shape index (κ3) is 5.84. The van der Waals surface area contributed by atoms with E-state index in [1.807, 2.05) is 27.7 Å². The lowest BCUT2D eigenvalue weighted by molar-refractivity contribution is -0.156. The Kier molecular flexibility index (Phi) is 5.58. The Morgan fingerprint density at radius 2 is 2.14 bits per heavy atom. The standard InChI is InChI=1S/C10H17NO2S/c1-5-6-8(11-7-14)9(12)13-10(2,3)4/h8H,5-6H2,1-4H3/t8-/m0/s1. The molecular weight excluding hydrogens is 198 g/mol. The first-order valence-electron chi connectivity index (χ1n) is 4.70. The van der Waals surface area contributed by atoms with E-state index in [4.69, 9.17) is 4.74 Å². The van der Waals surface area contributed by atoms with E-state index >= 15 is 0 Å². The number of nitrogens with zero attached hydrogens (tertiary/aromatic N) is 1. The first kappa shape index (κ1) is 13.3. The first-order valence-corrected chi connectivity index (χ1v) is 5.11. The highest BCUT2D eigenvalue weighted by Crippen LogP contribution is 2.12. The van der Waals surface area contributed by atoms with Gasteiger partial charge in [0.25, 0.3) is 0 Å². The molecular formula is C10H17NO2S. The number of isothiocyanates is 1. The fraction of sp³-hybridized carbons (Fsp3) is 0.800. The fourth-order valence-electron chi connectivity index (χ4n) is 0.942. The Labute approximate surface area is 90.6 Å². The molecule has 0 aromatic rings. The van der Waals surface area contributed by atoms with Crippen LogP contribution in [-0.4, -0.2) is 22.8 Å². The minimum atomic E-state index is -0.489. The summed E-state index contributed by atoms with van der Waals surface area (Å²) in [6.07, 6.45) is 1.52. The maximum atomic E-state index is 11.5. The van der Waals surface area contributed by atoms with E-state index in [1.54, 1.807) is 0 Å². The minimum Gasteiger partial charge on any atom is -0.458 e. The predicted octanol–water partition coefficient (Wildman–Crippen LogP) is 2.60. The van der Waals surface area contributed by atoms with Crippen LogP contribution in [0.3, 0.4) is 0 Å². The highest BCUT2D eigenvalue weighted by molar-refractivity contribution is 7.78. The Bertz CT molecular complexity index is 239. The predicted molar refractivity (Wildman–Crippen MR) is 59.6 cm³/mol. The Hall–Kier alpha value is -0.730. The van der Waals surface area contributed by atoms with E-state index < -0.39 is 11.6 Å². The maximum Gasteiger partial charge on any atom is 0.332 e. The molecule has 14 heavy (non-hydrogen) atoms. The van der Waals surface area contributed by atoms with Gasteiger partial charge in [-0.1, -0.05) is 13.3 Å². The molecule has 0 aliphatic carbocycles. The van der Waals surface area contributed by atoms with Crippen molar-refractivity contribution >= 4 is 23.3 Å². The van der Waals surface area contributed by atoms with E-state index in [1.165, 1.54) is 0 Å². The van der Waals surface area contributed by atoms with Gasteiger partial charge in [0, 0.05) is 0 Å². The number of ether oxygens (including phenoxy) is 1. The van der Waals surface area contributed by atoms with Crippen LogP contribution in [0.2, 0.25) is 0 Å². The van der Waals surface area contributed by atoms with Gasteiger partial charge in [0.2, 0.25) is 0 Å². The molecule has 80 valence electrons. The lowest BCUT2D eigenvalue weighted by Crippen LogP contribution is -2.30. The molecule has 0 unspecified atom stereocenters. The topological polar surface area (TPSA) is 38.7 Å². The van der Waals surface area contributed by atoms with Crippen LogP contribution in [0.4, 0.5) is 0 Å². The number of esters is 1. The monoisotopic (exact) mass is 215 g/mol. The Morgan fingerprint density at radius 3 is 2.50 bits per heavy atom. The average molecular weight is 215 g/mol. The van der Waals surface area contributed by atoms with Crippen molar-refractivity contribution in [2.75, 3.05) is 0 Å². The summed E-state index contributed by atoms with van der Waals surface area (Å²) < 4.78 is 5.19. The van der Waals surface area contributed by atoms with E-state index in [-0.39, 0.29) is 5.97 Å². The zero-order valence-corrected chi connectivity index (χ0v) is 9.98. The van der Waals surface area contributed by atoms with Gasteiger partial charge < -0.3 is 4.74 Å². The summed E-state index contributed by atoms with van der Waals surface area (Å²) in [6.45, 7) is 7.47. The molecule has 0 aromatic heterocycles. The summed E-state index contributed by atoms with van der Waals surface area (Å²) in [7, 11) is 0. The van der Waals surface area contributed by atoms with Gasteiger partial charge in [0.05, 0.1) is 5.16 Å².